The van der Waals surface area contributed by atoms with E-state index in [-0.39, 0.29) is 12.1 Å². The number of piperazine rings is 1. The zero-order valence-corrected chi connectivity index (χ0v) is 17.7. The topological polar surface area (TPSA) is 77.1 Å². The summed E-state index contributed by atoms with van der Waals surface area (Å²) in [5.41, 5.74) is 0.821. The van der Waals surface area contributed by atoms with Gasteiger partial charge in [0.1, 0.15) is 0 Å². The van der Waals surface area contributed by atoms with Gasteiger partial charge in [0, 0.05) is 38.2 Å². The SMILES string of the molecule is CC#CCn1c(N2CCNCC2)nc2c1c(=O)n(Cc1ccc(Cl)cc1)c(=O)n2C. The largest absolute Gasteiger partial charge is 0.340 e. The van der Waals surface area contributed by atoms with Crippen LogP contribution in [0.25, 0.3) is 11.2 Å². The fourth-order valence-electron chi connectivity index (χ4n) is 3.69. The molecule has 0 atom stereocenters. The lowest BCUT2D eigenvalue weighted by atomic mass is 10.2. The van der Waals surface area contributed by atoms with Crippen LogP contribution in [0, 0.1) is 11.8 Å². The lowest BCUT2D eigenvalue weighted by Gasteiger charge is -2.28. The molecule has 1 fully saturated rings. The highest BCUT2D eigenvalue weighted by Crippen LogP contribution is 2.20. The quantitative estimate of drug-likeness (QED) is 0.630. The first-order valence-corrected chi connectivity index (χ1v) is 10.2. The number of aryl methyl sites for hydroxylation is 1. The lowest BCUT2D eigenvalue weighted by Crippen LogP contribution is -2.44. The van der Waals surface area contributed by atoms with E-state index in [0.29, 0.717) is 28.7 Å². The van der Waals surface area contributed by atoms with Gasteiger partial charge in [-0.15, -0.1) is 5.92 Å². The van der Waals surface area contributed by atoms with Gasteiger partial charge in [-0.2, -0.15) is 4.98 Å². The molecule has 1 N–H and O–H groups in total. The average Bonchev–Trinajstić information content (AvgIpc) is 3.15. The summed E-state index contributed by atoms with van der Waals surface area (Å²) in [6, 6.07) is 7.11. The molecule has 1 aromatic carbocycles. The first kappa shape index (κ1) is 20.3. The summed E-state index contributed by atoms with van der Waals surface area (Å²) in [5.74, 6) is 6.60. The van der Waals surface area contributed by atoms with Gasteiger partial charge in [0.25, 0.3) is 5.56 Å². The van der Waals surface area contributed by atoms with E-state index < -0.39 is 5.69 Å². The molecule has 0 unspecified atom stereocenters. The Morgan fingerprint density at radius 3 is 2.50 bits per heavy atom. The molecule has 3 aromatic rings. The Morgan fingerprint density at radius 1 is 1.13 bits per heavy atom. The van der Waals surface area contributed by atoms with Crippen molar-refractivity contribution in [1.82, 2.24) is 24.0 Å². The third kappa shape index (κ3) is 3.62. The zero-order valence-electron chi connectivity index (χ0n) is 17.0. The number of nitrogens with one attached hydrogen (secondary N) is 1. The van der Waals surface area contributed by atoms with E-state index in [4.69, 9.17) is 16.6 Å². The van der Waals surface area contributed by atoms with E-state index in [1.807, 2.05) is 16.7 Å². The second-order valence-corrected chi connectivity index (χ2v) is 7.63. The van der Waals surface area contributed by atoms with Crippen molar-refractivity contribution in [2.24, 2.45) is 7.05 Å². The molecule has 156 valence electrons. The molecular weight excluding hydrogens is 404 g/mol. The minimum Gasteiger partial charge on any atom is -0.340 e. The molecule has 0 radical (unpaired) electrons. The smallest absolute Gasteiger partial charge is 0.332 e. The molecule has 0 bridgehead atoms. The molecule has 1 saturated heterocycles. The standard InChI is InChI=1S/C21H23ClN6O2/c1-3-4-11-27-17-18(24-20(27)26-12-9-23-10-13-26)25(2)21(30)28(19(17)29)14-15-5-7-16(22)8-6-15/h5-8,23H,9-14H2,1-2H3. The molecule has 0 amide bonds. The lowest BCUT2D eigenvalue weighted by molar-refractivity contribution is 0.572. The fraction of sp³-hybridized carbons (Fsp3) is 0.381. The maximum atomic E-state index is 13.4. The monoisotopic (exact) mass is 426 g/mol. The van der Waals surface area contributed by atoms with Crippen molar-refractivity contribution < 1.29 is 0 Å². The van der Waals surface area contributed by atoms with E-state index in [9.17, 15) is 9.59 Å². The van der Waals surface area contributed by atoms with Crippen molar-refractivity contribution in [2.45, 2.75) is 20.0 Å². The Kier molecular flexibility index (Phi) is 5.66. The number of aromatic nitrogens is 4. The summed E-state index contributed by atoms with van der Waals surface area (Å²) in [4.78, 5) is 33.2. The van der Waals surface area contributed by atoms with Crippen LogP contribution in [0.2, 0.25) is 5.02 Å². The van der Waals surface area contributed by atoms with E-state index in [1.165, 1.54) is 9.13 Å². The van der Waals surface area contributed by atoms with Crippen LogP contribution in [0.3, 0.4) is 0 Å². The fourth-order valence-corrected chi connectivity index (χ4v) is 3.81. The number of benzene rings is 1. The van der Waals surface area contributed by atoms with Crippen LogP contribution in [-0.4, -0.2) is 44.9 Å². The van der Waals surface area contributed by atoms with Crippen molar-refractivity contribution in [1.29, 1.82) is 0 Å². The number of halogens is 1. The number of hydrogen-bond donors (Lipinski definition) is 1. The van der Waals surface area contributed by atoms with Gasteiger partial charge in [0.2, 0.25) is 5.95 Å². The maximum absolute atomic E-state index is 13.4. The van der Waals surface area contributed by atoms with E-state index in [0.717, 1.165) is 31.7 Å². The first-order valence-electron chi connectivity index (χ1n) is 9.81. The summed E-state index contributed by atoms with van der Waals surface area (Å²) in [6.45, 7) is 5.47. The van der Waals surface area contributed by atoms with Crippen molar-refractivity contribution in [3.63, 3.8) is 0 Å². The number of imidazole rings is 1. The van der Waals surface area contributed by atoms with Crippen LogP contribution in [0.5, 0.6) is 0 Å². The molecule has 30 heavy (non-hydrogen) atoms. The van der Waals surface area contributed by atoms with Gasteiger partial charge >= 0.3 is 5.69 Å². The zero-order chi connectivity index (χ0) is 21.3. The Morgan fingerprint density at radius 2 is 1.83 bits per heavy atom. The Hall–Kier alpha value is -3.02. The van der Waals surface area contributed by atoms with Crippen LogP contribution in [0.1, 0.15) is 12.5 Å². The van der Waals surface area contributed by atoms with Crippen molar-refractivity contribution in [2.75, 3.05) is 31.1 Å². The van der Waals surface area contributed by atoms with Crippen LogP contribution < -0.4 is 21.5 Å². The first-order chi connectivity index (χ1) is 14.5. The van der Waals surface area contributed by atoms with Gasteiger partial charge < -0.3 is 10.2 Å². The highest BCUT2D eigenvalue weighted by molar-refractivity contribution is 6.30. The maximum Gasteiger partial charge on any atom is 0.332 e. The Labute approximate surface area is 178 Å². The van der Waals surface area contributed by atoms with Crippen molar-refractivity contribution in [3.05, 3.63) is 55.7 Å². The molecule has 2 aromatic heterocycles. The average molecular weight is 427 g/mol. The van der Waals surface area contributed by atoms with Crippen LogP contribution in [0.15, 0.2) is 33.9 Å². The molecule has 8 nitrogen and oxygen atoms in total. The minimum absolute atomic E-state index is 0.159. The Bertz CT molecular complexity index is 1250. The Balaban J connectivity index is 1.92. The van der Waals surface area contributed by atoms with Gasteiger partial charge in [-0.05, 0) is 24.6 Å². The molecule has 0 saturated carbocycles. The summed E-state index contributed by atoms with van der Waals surface area (Å²) < 4.78 is 4.51. The molecule has 9 heteroatoms. The second kappa shape index (κ2) is 8.38. The number of hydrogen-bond acceptors (Lipinski definition) is 5. The van der Waals surface area contributed by atoms with Gasteiger partial charge in [-0.3, -0.25) is 18.5 Å². The molecule has 0 spiro atoms. The van der Waals surface area contributed by atoms with Gasteiger partial charge in [0.05, 0.1) is 13.1 Å². The van der Waals surface area contributed by atoms with Gasteiger partial charge in [-0.25, -0.2) is 4.79 Å². The highest BCUT2D eigenvalue weighted by atomic mass is 35.5. The number of rotatable bonds is 4. The van der Waals surface area contributed by atoms with Crippen LogP contribution >= 0.6 is 11.6 Å². The minimum atomic E-state index is -0.402. The van der Waals surface area contributed by atoms with E-state index >= 15 is 0 Å². The van der Waals surface area contributed by atoms with Crippen LogP contribution in [-0.2, 0) is 20.1 Å². The van der Waals surface area contributed by atoms with E-state index in [1.54, 1.807) is 26.1 Å². The van der Waals surface area contributed by atoms with Gasteiger partial charge in [-0.1, -0.05) is 29.7 Å². The predicted molar refractivity (Wildman–Crippen MR) is 118 cm³/mol. The molecular formula is C21H23ClN6O2. The number of fused-ring (bicyclic) bond motifs is 1. The van der Waals surface area contributed by atoms with Gasteiger partial charge in [0.15, 0.2) is 11.2 Å². The third-order valence-corrected chi connectivity index (χ3v) is 5.53. The highest BCUT2D eigenvalue weighted by Gasteiger charge is 2.24. The molecule has 4 rings (SSSR count). The summed E-state index contributed by atoms with van der Waals surface area (Å²) in [6.07, 6.45) is 0. The van der Waals surface area contributed by atoms with Crippen molar-refractivity contribution in [3.8, 4) is 11.8 Å². The summed E-state index contributed by atoms with van der Waals surface area (Å²) in [7, 11) is 1.65. The number of anilines is 1. The normalized spacial score (nSPS) is 14.0. The second-order valence-electron chi connectivity index (χ2n) is 7.19. The third-order valence-electron chi connectivity index (χ3n) is 5.28. The van der Waals surface area contributed by atoms with E-state index in [2.05, 4.69) is 22.1 Å². The molecule has 3 heterocycles. The van der Waals surface area contributed by atoms with Crippen LogP contribution in [0.4, 0.5) is 5.95 Å². The summed E-state index contributed by atoms with van der Waals surface area (Å²) in [5, 5.41) is 3.92. The molecule has 1 aliphatic heterocycles. The predicted octanol–water partition coefficient (Wildman–Crippen LogP) is 1.03. The molecule has 0 aliphatic carbocycles. The summed E-state index contributed by atoms with van der Waals surface area (Å²) >= 11 is 5.96. The number of nitrogens with zero attached hydrogens (tertiary/aromatic N) is 5. The molecule has 1 aliphatic rings. The van der Waals surface area contributed by atoms with Crippen molar-refractivity contribution >= 4 is 28.7 Å².